The summed E-state index contributed by atoms with van der Waals surface area (Å²) >= 11 is 0. The van der Waals surface area contributed by atoms with Gasteiger partial charge in [-0.1, -0.05) is 27.7 Å². The number of hydrogen-bond donors (Lipinski definition) is 2. The molecule has 1 atom stereocenters. The normalized spacial score (nSPS) is 24.2. The van der Waals surface area contributed by atoms with Crippen molar-refractivity contribution in [2.45, 2.75) is 53.0 Å². The van der Waals surface area contributed by atoms with Gasteiger partial charge in [0.1, 0.15) is 0 Å². The van der Waals surface area contributed by atoms with Crippen LogP contribution in [0.15, 0.2) is 0 Å². The summed E-state index contributed by atoms with van der Waals surface area (Å²) in [6.07, 6.45) is 3.94. The van der Waals surface area contributed by atoms with Crippen LogP contribution < -0.4 is 10.6 Å². The Morgan fingerprint density at radius 1 is 1.27 bits per heavy atom. The number of rotatable bonds is 4. The molecular weight excluding hydrogens is 184 g/mol. The summed E-state index contributed by atoms with van der Waals surface area (Å²) < 4.78 is 0. The second-order valence-corrected chi connectivity index (χ2v) is 5.90. The molecule has 90 valence electrons. The molecule has 2 heteroatoms. The van der Waals surface area contributed by atoms with Crippen molar-refractivity contribution in [3.63, 3.8) is 0 Å². The first-order chi connectivity index (χ1) is 7.02. The van der Waals surface area contributed by atoms with E-state index < -0.39 is 0 Å². The van der Waals surface area contributed by atoms with Crippen LogP contribution in [0.1, 0.15) is 47.0 Å². The Kier molecular flexibility index (Phi) is 5.07. The van der Waals surface area contributed by atoms with Gasteiger partial charge in [-0.2, -0.15) is 0 Å². The first-order valence-corrected chi connectivity index (χ1v) is 6.46. The molecule has 0 aliphatic carbocycles. The van der Waals surface area contributed by atoms with Crippen molar-refractivity contribution < 1.29 is 0 Å². The number of hydrogen-bond acceptors (Lipinski definition) is 2. The zero-order valence-corrected chi connectivity index (χ0v) is 10.9. The van der Waals surface area contributed by atoms with Gasteiger partial charge in [0.15, 0.2) is 0 Å². The van der Waals surface area contributed by atoms with Gasteiger partial charge in [-0.3, -0.25) is 0 Å². The van der Waals surface area contributed by atoms with Crippen LogP contribution in [-0.4, -0.2) is 25.7 Å². The standard InChI is InChI=1S/C13H28N2/c1-11(2)13(3,4)10-15-12-6-5-8-14-9-7-12/h11-12,14-15H,5-10H2,1-4H3. The van der Waals surface area contributed by atoms with Crippen LogP contribution in [0.25, 0.3) is 0 Å². The zero-order chi connectivity index (χ0) is 11.3. The number of nitrogens with one attached hydrogen (secondary N) is 2. The fraction of sp³-hybridized carbons (Fsp3) is 1.00. The van der Waals surface area contributed by atoms with Crippen LogP contribution in [0.4, 0.5) is 0 Å². The highest BCUT2D eigenvalue weighted by Crippen LogP contribution is 2.25. The SMILES string of the molecule is CC(C)C(C)(C)CNC1CCCNCC1. The van der Waals surface area contributed by atoms with E-state index in [4.69, 9.17) is 0 Å². The monoisotopic (exact) mass is 212 g/mol. The highest BCUT2D eigenvalue weighted by molar-refractivity contribution is 4.79. The van der Waals surface area contributed by atoms with Gasteiger partial charge < -0.3 is 10.6 Å². The maximum absolute atomic E-state index is 3.74. The molecule has 1 fully saturated rings. The van der Waals surface area contributed by atoms with E-state index in [0.29, 0.717) is 5.41 Å². The Morgan fingerprint density at radius 2 is 2.00 bits per heavy atom. The van der Waals surface area contributed by atoms with Gasteiger partial charge in [0.05, 0.1) is 0 Å². The van der Waals surface area contributed by atoms with Crippen molar-refractivity contribution in [1.29, 1.82) is 0 Å². The molecule has 15 heavy (non-hydrogen) atoms. The molecule has 1 rings (SSSR count). The molecule has 2 nitrogen and oxygen atoms in total. The predicted molar refractivity (Wildman–Crippen MR) is 67.1 cm³/mol. The topological polar surface area (TPSA) is 24.1 Å². The fourth-order valence-corrected chi connectivity index (χ4v) is 1.83. The van der Waals surface area contributed by atoms with Crippen molar-refractivity contribution >= 4 is 0 Å². The highest BCUT2D eigenvalue weighted by atomic mass is 14.9. The Bertz CT molecular complexity index is 167. The van der Waals surface area contributed by atoms with E-state index in [1.54, 1.807) is 0 Å². The van der Waals surface area contributed by atoms with Gasteiger partial charge in [-0.05, 0) is 43.7 Å². The summed E-state index contributed by atoms with van der Waals surface area (Å²) in [7, 11) is 0. The molecular formula is C13H28N2. The third-order valence-electron chi connectivity index (χ3n) is 3.99. The molecule has 0 aromatic carbocycles. The smallest absolute Gasteiger partial charge is 0.00798 e. The molecule has 1 saturated heterocycles. The molecule has 2 N–H and O–H groups in total. The van der Waals surface area contributed by atoms with Crippen LogP contribution in [0.3, 0.4) is 0 Å². The molecule has 1 unspecified atom stereocenters. The summed E-state index contributed by atoms with van der Waals surface area (Å²) in [5.74, 6) is 0.744. The minimum Gasteiger partial charge on any atom is -0.317 e. The average molecular weight is 212 g/mol. The lowest BCUT2D eigenvalue weighted by atomic mass is 9.81. The van der Waals surface area contributed by atoms with Crippen molar-refractivity contribution in [3.05, 3.63) is 0 Å². The first-order valence-electron chi connectivity index (χ1n) is 6.46. The summed E-state index contributed by atoms with van der Waals surface area (Å²) in [5.41, 5.74) is 0.416. The van der Waals surface area contributed by atoms with E-state index in [0.717, 1.165) is 18.5 Å². The van der Waals surface area contributed by atoms with E-state index >= 15 is 0 Å². The zero-order valence-electron chi connectivity index (χ0n) is 10.9. The van der Waals surface area contributed by atoms with Crippen molar-refractivity contribution in [2.24, 2.45) is 11.3 Å². The molecule has 0 spiro atoms. The summed E-state index contributed by atoms with van der Waals surface area (Å²) in [6.45, 7) is 12.9. The van der Waals surface area contributed by atoms with Crippen LogP contribution in [-0.2, 0) is 0 Å². The van der Waals surface area contributed by atoms with E-state index in [-0.39, 0.29) is 0 Å². The fourth-order valence-electron chi connectivity index (χ4n) is 1.83. The Hall–Kier alpha value is -0.0800. The molecule has 0 bridgehead atoms. The Balaban J connectivity index is 2.28. The summed E-state index contributed by atoms with van der Waals surface area (Å²) in [5, 5.41) is 7.20. The first kappa shape index (κ1) is 13.0. The molecule has 1 aliphatic rings. The van der Waals surface area contributed by atoms with Crippen LogP contribution in [0.5, 0.6) is 0 Å². The minimum atomic E-state index is 0.416. The average Bonchev–Trinajstić information content (AvgIpc) is 2.42. The van der Waals surface area contributed by atoms with Crippen LogP contribution in [0.2, 0.25) is 0 Å². The molecule has 1 aliphatic heterocycles. The van der Waals surface area contributed by atoms with Gasteiger partial charge in [0, 0.05) is 12.6 Å². The van der Waals surface area contributed by atoms with Gasteiger partial charge >= 0.3 is 0 Å². The van der Waals surface area contributed by atoms with Gasteiger partial charge in [-0.25, -0.2) is 0 Å². The molecule has 0 radical (unpaired) electrons. The quantitative estimate of drug-likeness (QED) is 0.748. The van der Waals surface area contributed by atoms with Gasteiger partial charge in [0.2, 0.25) is 0 Å². The lowest BCUT2D eigenvalue weighted by Gasteiger charge is -2.31. The van der Waals surface area contributed by atoms with E-state index in [2.05, 4.69) is 38.3 Å². The maximum Gasteiger partial charge on any atom is 0.00798 e. The Morgan fingerprint density at radius 3 is 2.67 bits per heavy atom. The lowest BCUT2D eigenvalue weighted by molar-refractivity contribution is 0.225. The third kappa shape index (κ3) is 4.52. The van der Waals surface area contributed by atoms with E-state index in [9.17, 15) is 0 Å². The lowest BCUT2D eigenvalue weighted by Crippen LogP contribution is -2.39. The van der Waals surface area contributed by atoms with Crippen LogP contribution in [0, 0.1) is 11.3 Å². The largest absolute Gasteiger partial charge is 0.317 e. The summed E-state index contributed by atoms with van der Waals surface area (Å²) in [6, 6.07) is 0.734. The third-order valence-corrected chi connectivity index (χ3v) is 3.99. The van der Waals surface area contributed by atoms with Crippen molar-refractivity contribution in [2.75, 3.05) is 19.6 Å². The van der Waals surface area contributed by atoms with Crippen LogP contribution >= 0.6 is 0 Å². The highest BCUT2D eigenvalue weighted by Gasteiger charge is 2.23. The van der Waals surface area contributed by atoms with Gasteiger partial charge in [-0.15, -0.1) is 0 Å². The molecule has 0 amide bonds. The molecule has 0 aromatic heterocycles. The minimum absolute atomic E-state index is 0.416. The maximum atomic E-state index is 3.74. The predicted octanol–water partition coefficient (Wildman–Crippen LogP) is 2.40. The second-order valence-electron chi connectivity index (χ2n) is 5.90. The second kappa shape index (κ2) is 5.86. The van der Waals surface area contributed by atoms with Gasteiger partial charge in [0.25, 0.3) is 0 Å². The van der Waals surface area contributed by atoms with E-state index in [1.807, 2.05) is 0 Å². The van der Waals surface area contributed by atoms with E-state index in [1.165, 1.54) is 32.4 Å². The summed E-state index contributed by atoms with van der Waals surface area (Å²) in [4.78, 5) is 0. The Labute approximate surface area is 95.2 Å². The van der Waals surface area contributed by atoms with Crippen molar-refractivity contribution in [3.8, 4) is 0 Å². The molecule has 0 aromatic rings. The van der Waals surface area contributed by atoms with Crippen molar-refractivity contribution in [1.82, 2.24) is 10.6 Å². The molecule has 0 saturated carbocycles. The molecule has 1 heterocycles.